The Balaban J connectivity index is 1.61. The van der Waals surface area contributed by atoms with Crippen LogP contribution in [-0.4, -0.2) is 59.1 Å². The van der Waals surface area contributed by atoms with Crippen LogP contribution in [0.15, 0.2) is 36.7 Å². The molecule has 146 valence electrons. The average Bonchev–Trinajstić information content (AvgIpc) is 3.10. The van der Waals surface area contributed by atoms with E-state index in [4.69, 9.17) is 0 Å². The number of amides is 2. The molecular weight excluding hydrogens is 345 g/mol. The molecule has 1 saturated heterocycles. The number of likely N-dealkylation sites (tertiary alicyclic amines) is 1. The first-order valence-electron chi connectivity index (χ1n) is 9.50. The number of imidazole rings is 1. The zero-order valence-corrected chi connectivity index (χ0v) is 16.1. The third-order valence-electron chi connectivity index (χ3n) is 4.90. The molecule has 1 N–H and O–H groups in total. The smallest absolute Gasteiger partial charge is 0.321 e. The van der Waals surface area contributed by atoms with E-state index in [2.05, 4.69) is 33.9 Å². The molecule has 7 heteroatoms. The van der Waals surface area contributed by atoms with Gasteiger partial charge in [0.1, 0.15) is 11.6 Å². The fourth-order valence-electron chi connectivity index (χ4n) is 3.57. The number of benzene rings is 1. The van der Waals surface area contributed by atoms with Crippen LogP contribution in [0.4, 0.5) is 14.9 Å². The summed E-state index contributed by atoms with van der Waals surface area (Å²) in [7, 11) is 4.15. The van der Waals surface area contributed by atoms with Crippen molar-refractivity contribution in [2.24, 2.45) is 0 Å². The number of urea groups is 1. The van der Waals surface area contributed by atoms with Crippen LogP contribution < -0.4 is 5.32 Å². The Morgan fingerprint density at radius 3 is 3.04 bits per heavy atom. The van der Waals surface area contributed by atoms with Gasteiger partial charge in [-0.05, 0) is 58.1 Å². The van der Waals surface area contributed by atoms with E-state index in [0.717, 1.165) is 38.2 Å². The number of piperidine rings is 1. The van der Waals surface area contributed by atoms with Crippen LogP contribution in [0.1, 0.15) is 31.0 Å². The number of aryl methyl sites for hydroxylation is 1. The molecule has 2 amide bonds. The molecule has 1 aromatic heterocycles. The molecule has 2 aromatic rings. The molecule has 0 bridgehead atoms. The number of aromatic nitrogens is 2. The third-order valence-corrected chi connectivity index (χ3v) is 4.90. The minimum Gasteiger partial charge on any atom is -0.335 e. The van der Waals surface area contributed by atoms with E-state index >= 15 is 0 Å². The second kappa shape index (κ2) is 8.99. The molecule has 1 atom stereocenters. The second-order valence-corrected chi connectivity index (χ2v) is 7.36. The van der Waals surface area contributed by atoms with Gasteiger partial charge in [0.05, 0.1) is 0 Å². The maximum atomic E-state index is 13.3. The van der Waals surface area contributed by atoms with Gasteiger partial charge in [-0.2, -0.15) is 0 Å². The lowest BCUT2D eigenvalue weighted by Gasteiger charge is -2.32. The number of nitrogens with one attached hydrogen (secondary N) is 1. The number of halogens is 1. The van der Waals surface area contributed by atoms with Crippen molar-refractivity contribution in [3.63, 3.8) is 0 Å². The first-order valence-corrected chi connectivity index (χ1v) is 9.50. The molecule has 3 rings (SSSR count). The molecule has 1 aliphatic heterocycles. The predicted octanol–water partition coefficient (Wildman–Crippen LogP) is 3.39. The summed E-state index contributed by atoms with van der Waals surface area (Å²) in [5, 5.41) is 2.79. The highest BCUT2D eigenvalue weighted by Gasteiger charge is 2.27. The van der Waals surface area contributed by atoms with Crippen LogP contribution >= 0.6 is 0 Å². The van der Waals surface area contributed by atoms with Crippen molar-refractivity contribution >= 4 is 11.7 Å². The first kappa shape index (κ1) is 19.4. The number of carbonyl (C=O) groups excluding carboxylic acids is 1. The van der Waals surface area contributed by atoms with Crippen molar-refractivity contribution in [3.8, 4) is 0 Å². The number of rotatable bonds is 6. The Morgan fingerprint density at radius 1 is 1.41 bits per heavy atom. The van der Waals surface area contributed by atoms with Crippen LogP contribution in [0, 0.1) is 5.82 Å². The summed E-state index contributed by atoms with van der Waals surface area (Å²) in [5.41, 5.74) is 0.479. The fraction of sp³-hybridized carbons (Fsp3) is 0.500. The molecule has 1 aromatic carbocycles. The summed E-state index contributed by atoms with van der Waals surface area (Å²) >= 11 is 0. The predicted molar refractivity (Wildman–Crippen MR) is 104 cm³/mol. The maximum absolute atomic E-state index is 13.3. The van der Waals surface area contributed by atoms with Gasteiger partial charge < -0.3 is 19.7 Å². The minimum absolute atomic E-state index is 0.184. The standard InChI is InChI=1S/C20H28FN5O/c1-24(2)10-5-12-25-13-9-22-19(25)16-6-4-11-26(15-16)20(27)23-18-8-3-7-17(21)14-18/h3,7-9,13-14,16H,4-6,10-12,15H2,1-2H3,(H,23,27). The summed E-state index contributed by atoms with van der Waals surface area (Å²) in [6.45, 7) is 3.30. The Kier molecular flexibility index (Phi) is 6.45. The molecule has 0 spiro atoms. The molecule has 1 unspecified atom stereocenters. The molecule has 2 heterocycles. The summed E-state index contributed by atoms with van der Waals surface area (Å²) in [4.78, 5) is 21.1. The van der Waals surface area contributed by atoms with Crippen molar-refractivity contribution in [3.05, 3.63) is 48.3 Å². The van der Waals surface area contributed by atoms with Gasteiger partial charge in [-0.15, -0.1) is 0 Å². The van der Waals surface area contributed by atoms with Crippen molar-refractivity contribution in [1.82, 2.24) is 19.4 Å². The summed E-state index contributed by atoms with van der Waals surface area (Å²) in [6.07, 6.45) is 6.89. The topological polar surface area (TPSA) is 53.4 Å². The zero-order valence-electron chi connectivity index (χ0n) is 16.1. The zero-order chi connectivity index (χ0) is 19.2. The van der Waals surface area contributed by atoms with Gasteiger partial charge in [-0.3, -0.25) is 0 Å². The molecule has 27 heavy (non-hydrogen) atoms. The molecule has 0 saturated carbocycles. The molecular formula is C20H28FN5O. The largest absolute Gasteiger partial charge is 0.335 e. The second-order valence-electron chi connectivity index (χ2n) is 7.36. The molecule has 1 fully saturated rings. The number of anilines is 1. The lowest BCUT2D eigenvalue weighted by atomic mass is 9.97. The Hall–Kier alpha value is -2.41. The van der Waals surface area contributed by atoms with Crippen molar-refractivity contribution in [1.29, 1.82) is 0 Å². The summed E-state index contributed by atoms with van der Waals surface area (Å²) < 4.78 is 15.5. The number of nitrogens with zero attached hydrogens (tertiary/aromatic N) is 4. The number of hydrogen-bond donors (Lipinski definition) is 1. The van der Waals surface area contributed by atoms with Crippen LogP contribution in [0.3, 0.4) is 0 Å². The van der Waals surface area contributed by atoms with Crippen LogP contribution in [-0.2, 0) is 6.54 Å². The monoisotopic (exact) mass is 373 g/mol. The van der Waals surface area contributed by atoms with Gasteiger partial charge in [0.2, 0.25) is 0 Å². The number of hydrogen-bond acceptors (Lipinski definition) is 3. The van der Waals surface area contributed by atoms with E-state index in [-0.39, 0.29) is 17.8 Å². The highest BCUT2D eigenvalue weighted by molar-refractivity contribution is 5.89. The highest BCUT2D eigenvalue weighted by Crippen LogP contribution is 2.26. The maximum Gasteiger partial charge on any atom is 0.321 e. The van der Waals surface area contributed by atoms with Crippen molar-refractivity contribution in [2.45, 2.75) is 31.7 Å². The van der Waals surface area contributed by atoms with Gasteiger partial charge in [0.15, 0.2) is 0 Å². The molecule has 0 radical (unpaired) electrons. The molecule has 0 aliphatic carbocycles. The highest BCUT2D eigenvalue weighted by atomic mass is 19.1. The molecule has 6 nitrogen and oxygen atoms in total. The van der Waals surface area contributed by atoms with E-state index in [1.165, 1.54) is 12.1 Å². The van der Waals surface area contributed by atoms with Gasteiger partial charge >= 0.3 is 6.03 Å². The van der Waals surface area contributed by atoms with E-state index in [9.17, 15) is 9.18 Å². The summed E-state index contributed by atoms with van der Waals surface area (Å²) in [6, 6.07) is 5.80. The van der Waals surface area contributed by atoms with Gasteiger partial charge in [-0.25, -0.2) is 14.2 Å². The Bertz CT molecular complexity index is 760. The van der Waals surface area contributed by atoms with Gasteiger partial charge in [0.25, 0.3) is 0 Å². The van der Waals surface area contributed by atoms with Crippen molar-refractivity contribution in [2.75, 3.05) is 39.0 Å². The van der Waals surface area contributed by atoms with Crippen LogP contribution in [0.25, 0.3) is 0 Å². The van der Waals surface area contributed by atoms with E-state index in [0.29, 0.717) is 18.8 Å². The third kappa shape index (κ3) is 5.29. The van der Waals surface area contributed by atoms with E-state index in [1.807, 2.05) is 12.4 Å². The fourth-order valence-corrected chi connectivity index (χ4v) is 3.57. The lowest BCUT2D eigenvalue weighted by molar-refractivity contribution is 0.190. The number of carbonyl (C=O) groups is 1. The quantitative estimate of drug-likeness (QED) is 0.845. The minimum atomic E-state index is -0.357. The van der Waals surface area contributed by atoms with Crippen LogP contribution in [0.2, 0.25) is 0 Å². The van der Waals surface area contributed by atoms with Gasteiger partial charge in [-0.1, -0.05) is 6.07 Å². The Labute approximate surface area is 160 Å². The summed E-state index contributed by atoms with van der Waals surface area (Å²) in [5.74, 6) is 0.924. The van der Waals surface area contributed by atoms with Crippen LogP contribution in [0.5, 0.6) is 0 Å². The van der Waals surface area contributed by atoms with E-state index < -0.39 is 0 Å². The molecule has 1 aliphatic rings. The first-order chi connectivity index (χ1) is 13.0. The SMILES string of the molecule is CN(C)CCCn1ccnc1C1CCCN(C(=O)Nc2cccc(F)c2)C1. The van der Waals surface area contributed by atoms with Gasteiger partial charge in [0, 0.05) is 43.6 Å². The normalized spacial score (nSPS) is 17.3. The Morgan fingerprint density at radius 2 is 2.26 bits per heavy atom. The van der Waals surface area contributed by atoms with Crippen molar-refractivity contribution < 1.29 is 9.18 Å². The lowest BCUT2D eigenvalue weighted by Crippen LogP contribution is -2.42. The van der Waals surface area contributed by atoms with E-state index in [1.54, 1.807) is 17.0 Å². The average molecular weight is 373 g/mol.